The van der Waals surface area contributed by atoms with Crippen molar-refractivity contribution in [2.75, 3.05) is 13.2 Å². The minimum atomic E-state index is -3.74. The van der Waals surface area contributed by atoms with Gasteiger partial charge in [0.1, 0.15) is 19.0 Å². The molecule has 0 aromatic heterocycles. The van der Waals surface area contributed by atoms with Gasteiger partial charge in [-0.1, -0.05) is 23.2 Å². The van der Waals surface area contributed by atoms with E-state index in [1.54, 1.807) is 0 Å². The average Bonchev–Trinajstić information content (AvgIpc) is 2.51. The highest BCUT2D eigenvalue weighted by Gasteiger charge is 2.12. The third-order valence-corrected chi connectivity index (χ3v) is 4.37. The van der Waals surface area contributed by atoms with Crippen molar-refractivity contribution in [1.82, 2.24) is 0 Å². The molecule has 2 N–H and O–H groups in total. The van der Waals surface area contributed by atoms with Gasteiger partial charge in [0.25, 0.3) is 0 Å². The first kappa shape index (κ1) is 18.5. The van der Waals surface area contributed by atoms with Gasteiger partial charge in [-0.05, 0) is 42.5 Å². The molecule has 6 nitrogen and oxygen atoms in total. The van der Waals surface area contributed by atoms with Crippen LogP contribution in [0.25, 0.3) is 0 Å². The van der Waals surface area contributed by atoms with E-state index in [1.165, 1.54) is 42.5 Å². The van der Waals surface area contributed by atoms with E-state index < -0.39 is 16.0 Å². The molecule has 24 heavy (non-hydrogen) atoms. The molecule has 0 aliphatic rings. The third-order valence-electron chi connectivity index (χ3n) is 2.89. The van der Waals surface area contributed by atoms with Crippen LogP contribution in [0.4, 0.5) is 0 Å². The standard InChI is InChI=1S/C15H13Cl2NO5S/c16-10-1-6-13(14(17)9-10)15(19)23-8-7-22-11-2-4-12(5-3-11)24(18,20)21/h1-6,9H,7-8H2,(H2,18,20,21). The zero-order chi connectivity index (χ0) is 17.7. The molecule has 128 valence electrons. The summed E-state index contributed by atoms with van der Waals surface area (Å²) in [5.41, 5.74) is 0.207. The first-order valence-corrected chi connectivity index (χ1v) is 8.95. The van der Waals surface area contributed by atoms with Crippen LogP contribution in [0.2, 0.25) is 10.0 Å². The molecule has 0 unspecified atom stereocenters. The lowest BCUT2D eigenvalue weighted by atomic mass is 10.2. The number of halogens is 2. The Labute approximate surface area is 149 Å². The van der Waals surface area contributed by atoms with Crippen LogP contribution in [-0.4, -0.2) is 27.6 Å². The first-order valence-electron chi connectivity index (χ1n) is 6.65. The van der Waals surface area contributed by atoms with E-state index in [-0.39, 0.29) is 28.7 Å². The molecular formula is C15H13Cl2NO5S. The predicted octanol–water partition coefficient (Wildman–Crippen LogP) is 2.88. The van der Waals surface area contributed by atoms with Crippen molar-refractivity contribution >= 4 is 39.2 Å². The van der Waals surface area contributed by atoms with Gasteiger partial charge >= 0.3 is 5.97 Å². The van der Waals surface area contributed by atoms with Gasteiger partial charge in [0.05, 0.1) is 15.5 Å². The Bertz CT molecular complexity index is 837. The quantitative estimate of drug-likeness (QED) is 0.605. The fraction of sp³-hybridized carbons (Fsp3) is 0.133. The SMILES string of the molecule is NS(=O)(=O)c1ccc(OCCOC(=O)c2ccc(Cl)cc2Cl)cc1. The maximum Gasteiger partial charge on any atom is 0.339 e. The van der Waals surface area contributed by atoms with Gasteiger partial charge in [-0.25, -0.2) is 18.4 Å². The van der Waals surface area contributed by atoms with Crippen LogP contribution in [0.15, 0.2) is 47.4 Å². The van der Waals surface area contributed by atoms with Gasteiger partial charge in [0, 0.05) is 5.02 Å². The number of carbonyl (C=O) groups is 1. The molecule has 0 saturated carbocycles. The lowest BCUT2D eigenvalue weighted by molar-refractivity contribution is 0.0450. The molecule has 0 heterocycles. The summed E-state index contributed by atoms with van der Waals surface area (Å²) in [5.74, 6) is -0.173. The molecule has 0 radical (unpaired) electrons. The van der Waals surface area contributed by atoms with E-state index in [1.807, 2.05) is 0 Å². The van der Waals surface area contributed by atoms with Crippen LogP contribution in [0.3, 0.4) is 0 Å². The highest BCUT2D eigenvalue weighted by atomic mass is 35.5. The number of ether oxygens (including phenoxy) is 2. The molecule has 0 saturated heterocycles. The fourth-order valence-electron chi connectivity index (χ4n) is 1.75. The summed E-state index contributed by atoms with van der Waals surface area (Å²) in [7, 11) is -3.74. The summed E-state index contributed by atoms with van der Waals surface area (Å²) in [4.78, 5) is 11.8. The predicted molar refractivity (Wildman–Crippen MR) is 90.1 cm³/mol. The van der Waals surface area contributed by atoms with Crippen LogP contribution < -0.4 is 9.88 Å². The molecule has 2 rings (SSSR count). The second-order valence-electron chi connectivity index (χ2n) is 4.62. The summed E-state index contributed by atoms with van der Waals surface area (Å²) < 4.78 is 32.6. The van der Waals surface area contributed by atoms with Crippen molar-refractivity contribution in [3.8, 4) is 5.75 Å². The molecule has 0 fully saturated rings. The number of esters is 1. The number of rotatable bonds is 6. The van der Waals surface area contributed by atoms with Gasteiger partial charge in [0.15, 0.2) is 0 Å². The van der Waals surface area contributed by atoms with Crippen molar-refractivity contribution in [2.24, 2.45) is 5.14 Å². The van der Waals surface area contributed by atoms with E-state index in [4.69, 9.17) is 37.8 Å². The number of hydrogen-bond donors (Lipinski definition) is 1. The van der Waals surface area contributed by atoms with E-state index in [0.29, 0.717) is 10.8 Å². The Morgan fingerprint density at radius 2 is 1.71 bits per heavy atom. The normalized spacial score (nSPS) is 11.1. The second-order valence-corrected chi connectivity index (χ2v) is 7.03. The van der Waals surface area contributed by atoms with E-state index in [0.717, 1.165) is 0 Å². The lowest BCUT2D eigenvalue weighted by Crippen LogP contribution is -2.13. The number of primary sulfonamides is 1. The summed E-state index contributed by atoms with van der Waals surface area (Å²) in [6.45, 7) is 0.0837. The first-order chi connectivity index (χ1) is 11.3. The number of benzene rings is 2. The van der Waals surface area contributed by atoms with Crippen LogP contribution in [0, 0.1) is 0 Å². The molecule has 9 heteroatoms. The third kappa shape index (κ3) is 5.10. The van der Waals surface area contributed by atoms with Gasteiger partial charge in [-0.3, -0.25) is 0 Å². The van der Waals surface area contributed by atoms with Crippen LogP contribution in [-0.2, 0) is 14.8 Å². The van der Waals surface area contributed by atoms with Gasteiger partial charge in [-0.15, -0.1) is 0 Å². The van der Waals surface area contributed by atoms with Crippen molar-refractivity contribution < 1.29 is 22.7 Å². The number of nitrogens with two attached hydrogens (primary N) is 1. The monoisotopic (exact) mass is 389 g/mol. The summed E-state index contributed by atoms with van der Waals surface area (Å²) >= 11 is 11.7. The zero-order valence-electron chi connectivity index (χ0n) is 12.2. The molecule has 2 aromatic rings. The molecule has 0 atom stereocenters. The van der Waals surface area contributed by atoms with Crippen molar-refractivity contribution in [2.45, 2.75) is 4.90 Å². The molecule has 0 spiro atoms. The summed E-state index contributed by atoms with van der Waals surface area (Å²) in [6, 6.07) is 10.0. The highest BCUT2D eigenvalue weighted by Crippen LogP contribution is 2.21. The molecule has 0 aliphatic carbocycles. The van der Waals surface area contributed by atoms with Crippen molar-refractivity contribution in [3.63, 3.8) is 0 Å². The number of sulfonamides is 1. The smallest absolute Gasteiger partial charge is 0.339 e. The minimum absolute atomic E-state index is 0.00523. The minimum Gasteiger partial charge on any atom is -0.490 e. The Morgan fingerprint density at radius 1 is 1.04 bits per heavy atom. The Hall–Kier alpha value is -1.80. The fourth-order valence-corrected chi connectivity index (χ4v) is 2.75. The maximum atomic E-state index is 11.9. The largest absolute Gasteiger partial charge is 0.490 e. The van der Waals surface area contributed by atoms with Gasteiger partial charge in [0.2, 0.25) is 10.0 Å². The van der Waals surface area contributed by atoms with E-state index in [2.05, 4.69) is 0 Å². The van der Waals surface area contributed by atoms with Crippen molar-refractivity contribution in [3.05, 3.63) is 58.1 Å². The van der Waals surface area contributed by atoms with E-state index >= 15 is 0 Å². The Morgan fingerprint density at radius 3 is 2.29 bits per heavy atom. The van der Waals surface area contributed by atoms with Crippen LogP contribution in [0.5, 0.6) is 5.75 Å². The zero-order valence-corrected chi connectivity index (χ0v) is 14.6. The molecule has 0 aliphatic heterocycles. The second kappa shape index (κ2) is 7.85. The Balaban J connectivity index is 1.83. The number of hydrogen-bond acceptors (Lipinski definition) is 5. The summed E-state index contributed by atoms with van der Waals surface area (Å²) in [5, 5.41) is 5.61. The van der Waals surface area contributed by atoms with E-state index in [9.17, 15) is 13.2 Å². The van der Waals surface area contributed by atoms with Gasteiger partial charge < -0.3 is 9.47 Å². The average molecular weight is 390 g/mol. The maximum absolute atomic E-state index is 11.9. The van der Waals surface area contributed by atoms with Crippen LogP contribution >= 0.6 is 23.2 Å². The van der Waals surface area contributed by atoms with Crippen LogP contribution in [0.1, 0.15) is 10.4 Å². The highest BCUT2D eigenvalue weighted by molar-refractivity contribution is 7.89. The van der Waals surface area contributed by atoms with Gasteiger partial charge in [-0.2, -0.15) is 0 Å². The molecule has 0 bridgehead atoms. The van der Waals surface area contributed by atoms with Crippen molar-refractivity contribution in [1.29, 1.82) is 0 Å². The molecule has 0 amide bonds. The lowest BCUT2D eigenvalue weighted by Gasteiger charge is -2.09. The molecular weight excluding hydrogens is 377 g/mol. The number of carbonyl (C=O) groups excluding carboxylic acids is 1. The molecule has 2 aromatic carbocycles. The Kier molecular flexibility index (Phi) is 6.06. The topological polar surface area (TPSA) is 95.7 Å². The summed E-state index contributed by atoms with van der Waals surface area (Å²) in [6.07, 6.45) is 0.